The van der Waals surface area contributed by atoms with E-state index in [1.165, 1.54) is 0 Å². The number of aromatic amines is 1. The average Bonchev–Trinajstić information content (AvgIpc) is 2.93. The molecule has 21 heavy (non-hydrogen) atoms. The van der Waals surface area contributed by atoms with Crippen LogP contribution < -0.4 is 14.8 Å². The second-order valence-electron chi connectivity index (χ2n) is 6.26. The topological polar surface area (TPSA) is 59.2 Å². The summed E-state index contributed by atoms with van der Waals surface area (Å²) in [4.78, 5) is 7.72. The SMILES string of the molecule is CC(C)(C)NCc1cnc(C2COc3ccccc3O2)[nH]1. The van der Waals surface area contributed by atoms with Gasteiger partial charge < -0.3 is 19.8 Å². The third kappa shape index (κ3) is 3.36. The Kier molecular flexibility index (Phi) is 3.59. The third-order valence-corrected chi connectivity index (χ3v) is 3.27. The number of hydrogen-bond acceptors (Lipinski definition) is 4. The Balaban J connectivity index is 1.67. The van der Waals surface area contributed by atoms with Crippen LogP contribution in [0.25, 0.3) is 0 Å². The van der Waals surface area contributed by atoms with Gasteiger partial charge in [-0.05, 0) is 32.9 Å². The summed E-state index contributed by atoms with van der Waals surface area (Å²) in [5.41, 5.74) is 1.12. The smallest absolute Gasteiger partial charge is 0.190 e. The van der Waals surface area contributed by atoms with Crippen molar-refractivity contribution in [3.05, 3.63) is 42.0 Å². The van der Waals surface area contributed by atoms with Crippen molar-refractivity contribution in [2.75, 3.05) is 6.61 Å². The lowest BCUT2D eigenvalue weighted by atomic mass is 10.1. The van der Waals surface area contributed by atoms with Crippen LogP contribution in [0.4, 0.5) is 0 Å². The number of aromatic nitrogens is 2. The molecule has 1 aromatic heterocycles. The zero-order chi connectivity index (χ0) is 14.9. The van der Waals surface area contributed by atoms with E-state index in [-0.39, 0.29) is 11.6 Å². The van der Waals surface area contributed by atoms with Gasteiger partial charge in [0.05, 0.1) is 0 Å². The highest BCUT2D eigenvalue weighted by Gasteiger charge is 2.24. The summed E-state index contributed by atoms with van der Waals surface area (Å²) >= 11 is 0. The number of fused-ring (bicyclic) bond motifs is 1. The largest absolute Gasteiger partial charge is 0.485 e. The van der Waals surface area contributed by atoms with Crippen molar-refractivity contribution >= 4 is 0 Å². The van der Waals surface area contributed by atoms with Crippen LogP contribution in [0.1, 0.15) is 38.4 Å². The molecule has 0 saturated heterocycles. The number of imidazole rings is 1. The number of nitrogens with one attached hydrogen (secondary N) is 2. The van der Waals surface area contributed by atoms with Crippen LogP contribution >= 0.6 is 0 Å². The van der Waals surface area contributed by atoms with Gasteiger partial charge in [0.15, 0.2) is 23.4 Å². The summed E-state index contributed by atoms with van der Waals surface area (Å²) in [6.45, 7) is 7.63. The summed E-state index contributed by atoms with van der Waals surface area (Å²) in [7, 11) is 0. The van der Waals surface area contributed by atoms with Crippen molar-refractivity contribution in [3.8, 4) is 11.5 Å². The Morgan fingerprint density at radius 3 is 2.81 bits per heavy atom. The van der Waals surface area contributed by atoms with Crippen molar-refractivity contribution in [2.24, 2.45) is 0 Å². The van der Waals surface area contributed by atoms with Gasteiger partial charge in [0.1, 0.15) is 6.61 Å². The zero-order valence-electron chi connectivity index (χ0n) is 12.6. The minimum Gasteiger partial charge on any atom is -0.485 e. The number of para-hydroxylation sites is 2. The van der Waals surface area contributed by atoms with Gasteiger partial charge >= 0.3 is 0 Å². The van der Waals surface area contributed by atoms with Gasteiger partial charge in [-0.2, -0.15) is 0 Å². The van der Waals surface area contributed by atoms with Crippen LogP contribution in [0.15, 0.2) is 30.5 Å². The molecule has 0 aliphatic carbocycles. The van der Waals surface area contributed by atoms with Crippen LogP contribution in [0, 0.1) is 0 Å². The number of benzene rings is 1. The molecule has 2 N–H and O–H groups in total. The molecule has 5 heteroatoms. The minimum atomic E-state index is -0.191. The van der Waals surface area contributed by atoms with Crippen molar-refractivity contribution in [1.29, 1.82) is 0 Å². The van der Waals surface area contributed by atoms with Gasteiger partial charge in [0, 0.05) is 24.0 Å². The van der Waals surface area contributed by atoms with E-state index >= 15 is 0 Å². The molecule has 0 bridgehead atoms. The van der Waals surface area contributed by atoms with E-state index in [4.69, 9.17) is 9.47 Å². The monoisotopic (exact) mass is 287 g/mol. The molecule has 112 valence electrons. The minimum absolute atomic E-state index is 0.0780. The fraction of sp³-hybridized carbons (Fsp3) is 0.438. The molecular formula is C16H21N3O2. The Hall–Kier alpha value is -2.01. The lowest BCUT2D eigenvalue weighted by molar-refractivity contribution is 0.0856. The highest BCUT2D eigenvalue weighted by Crippen LogP contribution is 2.34. The molecule has 0 amide bonds. The fourth-order valence-corrected chi connectivity index (χ4v) is 2.14. The molecule has 0 spiro atoms. The predicted octanol–water partition coefficient (Wildman–Crippen LogP) is 2.81. The van der Waals surface area contributed by atoms with Gasteiger partial charge in [-0.15, -0.1) is 0 Å². The molecule has 3 rings (SSSR count). The Bertz CT molecular complexity index is 616. The second-order valence-corrected chi connectivity index (χ2v) is 6.26. The predicted molar refractivity (Wildman–Crippen MR) is 80.5 cm³/mol. The summed E-state index contributed by atoms with van der Waals surface area (Å²) in [5, 5.41) is 3.43. The molecule has 1 unspecified atom stereocenters. The van der Waals surface area contributed by atoms with Crippen molar-refractivity contribution in [3.63, 3.8) is 0 Å². The first-order valence-electron chi connectivity index (χ1n) is 7.18. The van der Waals surface area contributed by atoms with Gasteiger partial charge in [-0.1, -0.05) is 12.1 Å². The van der Waals surface area contributed by atoms with Gasteiger partial charge in [0.2, 0.25) is 0 Å². The van der Waals surface area contributed by atoms with E-state index < -0.39 is 0 Å². The van der Waals surface area contributed by atoms with Gasteiger partial charge in [-0.25, -0.2) is 4.98 Å². The van der Waals surface area contributed by atoms with E-state index in [1.807, 2.05) is 30.5 Å². The van der Waals surface area contributed by atoms with Crippen LogP contribution in [0.3, 0.4) is 0 Å². The molecule has 1 aliphatic heterocycles. The quantitative estimate of drug-likeness (QED) is 0.911. The van der Waals surface area contributed by atoms with Gasteiger partial charge in [-0.3, -0.25) is 0 Å². The Labute approximate surface area is 124 Å². The fourth-order valence-electron chi connectivity index (χ4n) is 2.14. The first-order valence-corrected chi connectivity index (χ1v) is 7.18. The normalized spacial score (nSPS) is 17.8. The Morgan fingerprint density at radius 2 is 2.05 bits per heavy atom. The highest BCUT2D eigenvalue weighted by molar-refractivity contribution is 5.41. The average molecular weight is 287 g/mol. The third-order valence-electron chi connectivity index (χ3n) is 3.27. The number of hydrogen-bond donors (Lipinski definition) is 2. The first kappa shape index (κ1) is 13.9. The second kappa shape index (κ2) is 5.41. The van der Waals surface area contributed by atoms with E-state index in [2.05, 4.69) is 36.1 Å². The summed E-state index contributed by atoms with van der Waals surface area (Å²) < 4.78 is 11.7. The number of ether oxygens (including phenoxy) is 2. The lowest BCUT2D eigenvalue weighted by Crippen LogP contribution is -2.35. The molecular weight excluding hydrogens is 266 g/mol. The van der Waals surface area contributed by atoms with Crippen LogP contribution in [0.2, 0.25) is 0 Å². The highest BCUT2D eigenvalue weighted by atomic mass is 16.6. The van der Waals surface area contributed by atoms with Crippen molar-refractivity contribution in [1.82, 2.24) is 15.3 Å². The Morgan fingerprint density at radius 1 is 1.29 bits per heavy atom. The van der Waals surface area contributed by atoms with Crippen LogP contribution in [0.5, 0.6) is 11.5 Å². The zero-order valence-corrected chi connectivity index (χ0v) is 12.6. The number of rotatable bonds is 3. The molecule has 1 aliphatic rings. The standard InChI is InChI=1S/C16H21N3O2/c1-16(2,3)18-9-11-8-17-15(19-11)14-10-20-12-6-4-5-7-13(12)21-14/h4-8,14,18H,9-10H2,1-3H3,(H,17,19). The summed E-state index contributed by atoms with van der Waals surface area (Å²) in [6, 6.07) is 7.69. The maximum Gasteiger partial charge on any atom is 0.190 e. The van der Waals surface area contributed by atoms with E-state index in [0.717, 1.165) is 29.6 Å². The number of nitrogens with zero attached hydrogens (tertiary/aromatic N) is 1. The molecule has 1 aromatic carbocycles. The maximum atomic E-state index is 5.94. The molecule has 2 aromatic rings. The first-order chi connectivity index (χ1) is 10.0. The molecule has 2 heterocycles. The molecule has 0 fully saturated rings. The molecule has 0 saturated carbocycles. The van der Waals surface area contributed by atoms with E-state index in [0.29, 0.717) is 6.61 Å². The van der Waals surface area contributed by atoms with Crippen molar-refractivity contribution in [2.45, 2.75) is 39.0 Å². The summed E-state index contributed by atoms with van der Waals surface area (Å²) in [5.74, 6) is 2.35. The number of H-pyrrole nitrogens is 1. The van der Waals surface area contributed by atoms with E-state index in [9.17, 15) is 0 Å². The molecule has 5 nitrogen and oxygen atoms in total. The van der Waals surface area contributed by atoms with Gasteiger partial charge in [0.25, 0.3) is 0 Å². The van der Waals surface area contributed by atoms with Crippen LogP contribution in [-0.2, 0) is 6.54 Å². The van der Waals surface area contributed by atoms with Crippen molar-refractivity contribution < 1.29 is 9.47 Å². The lowest BCUT2D eigenvalue weighted by Gasteiger charge is -2.25. The van der Waals surface area contributed by atoms with E-state index in [1.54, 1.807) is 0 Å². The molecule has 1 atom stereocenters. The maximum absolute atomic E-state index is 5.94. The summed E-state index contributed by atoms with van der Waals surface area (Å²) in [6.07, 6.45) is 1.65. The van der Waals surface area contributed by atoms with Crippen LogP contribution in [-0.4, -0.2) is 22.1 Å². The molecule has 0 radical (unpaired) electrons.